The average molecular weight is 280 g/mol. The van der Waals surface area contributed by atoms with Gasteiger partial charge in [0.1, 0.15) is 0 Å². The minimum atomic E-state index is -0.490. The van der Waals surface area contributed by atoms with Crippen LogP contribution in [0.15, 0.2) is 12.1 Å². The summed E-state index contributed by atoms with van der Waals surface area (Å²) in [6.45, 7) is 1.66. The first-order chi connectivity index (χ1) is 9.64. The van der Waals surface area contributed by atoms with Crippen molar-refractivity contribution in [3.8, 4) is 5.75 Å². The highest BCUT2D eigenvalue weighted by atomic mass is 19.1. The molecule has 0 unspecified atom stereocenters. The standard InChI is InChI=1S/C14H17FN2O3/c1-19-12-7-10-11(6-9(12)15)17-13(18)14(8-16-10)2-4-20-5-3-14/h6-7,16H,2-5,8H2,1H3,(H,17,18). The molecule has 3 rings (SSSR count). The summed E-state index contributed by atoms with van der Waals surface area (Å²) in [6, 6.07) is 2.86. The summed E-state index contributed by atoms with van der Waals surface area (Å²) >= 11 is 0. The van der Waals surface area contributed by atoms with E-state index in [1.165, 1.54) is 13.2 Å². The average Bonchev–Trinajstić information content (AvgIpc) is 2.58. The number of amides is 1. The van der Waals surface area contributed by atoms with Crippen LogP contribution in [0.1, 0.15) is 12.8 Å². The predicted octanol–water partition coefficient (Wildman–Crippen LogP) is 2.00. The van der Waals surface area contributed by atoms with E-state index in [0.29, 0.717) is 44.0 Å². The molecule has 0 atom stereocenters. The van der Waals surface area contributed by atoms with Crippen LogP contribution in [-0.2, 0) is 9.53 Å². The van der Waals surface area contributed by atoms with Crippen LogP contribution < -0.4 is 15.4 Å². The highest BCUT2D eigenvalue weighted by Crippen LogP contribution is 2.39. The monoisotopic (exact) mass is 280 g/mol. The number of anilines is 2. The van der Waals surface area contributed by atoms with Gasteiger partial charge in [0.05, 0.1) is 23.9 Å². The summed E-state index contributed by atoms with van der Waals surface area (Å²) in [5.41, 5.74) is 0.651. The number of methoxy groups -OCH3 is 1. The first kappa shape index (κ1) is 13.2. The maximum absolute atomic E-state index is 13.7. The number of halogens is 1. The lowest BCUT2D eigenvalue weighted by Crippen LogP contribution is -2.44. The van der Waals surface area contributed by atoms with Gasteiger partial charge in [-0.2, -0.15) is 0 Å². The lowest BCUT2D eigenvalue weighted by atomic mass is 9.79. The molecule has 0 saturated carbocycles. The Kier molecular flexibility index (Phi) is 3.25. The molecule has 1 aromatic carbocycles. The molecule has 6 heteroatoms. The van der Waals surface area contributed by atoms with E-state index in [9.17, 15) is 9.18 Å². The molecule has 1 spiro atoms. The molecular weight excluding hydrogens is 263 g/mol. The quantitative estimate of drug-likeness (QED) is 0.826. The van der Waals surface area contributed by atoms with E-state index in [4.69, 9.17) is 9.47 Å². The van der Waals surface area contributed by atoms with Crippen LogP contribution in [-0.4, -0.2) is 32.8 Å². The molecule has 1 saturated heterocycles. The lowest BCUT2D eigenvalue weighted by molar-refractivity contribution is -0.129. The van der Waals surface area contributed by atoms with E-state index in [1.807, 2.05) is 0 Å². The van der Waals surface area contributed by atoms with Crippen molar-refractivity contribution < 1.29 is 18.7 Å². The van der Waals surface area contributed by atoms with Gasteiger partial charge in [0.2, 0.25) is 5.91 Å². The van der Waals surface area contributed by atoms with Gasteiger partial charge < -0.3 is 20.1 Å². The van der Waals surface area contributed by atoms with Crippen molar-refractivity contribution in [1.29, 1.82) is 0 Å². The van der Waals surface area contributed by atoms with Crippen molar-refractivity contribution >= 4 is 17.3 Å². The van der Waals surface area contributed by atoms with Crippen LogP contribution in [0.25, 0.3) is 0 Å². The topological polar surface area (TPSA) is 59.6 Å². The fourth-order valence-corrected chi connectivity index (χ4v) is 2.73. The number of hydrogen-bond donors (Lipinski definition) is 2. The van der Waals surface area contributed by atoms with E-state index in [1.54, 1.807) is 6.07 Å². The van der Waals surface area contributed by atoms with Gasteiger partial charge in [0.25, 0.3) is 0 Å². The Bertz CT molecular complexity index is 541. The molecular formula is C14H17FN2O3. The molecule has 0 bridgehead atoms. The molecule has 0 aliphatic carbocycles. The van der Waals surface area contributed by atoms with Crippen LogP contribution >= 0.6 is 0 Å². The van der Waals surface area contributed by atoms with Gasteiger partial charge in [-0.15, -0.1) is 0 Å². The molecule has 2 N–H and O–H groups in total. The number of carbonyl (C=O) groups is 1. The first-order valence-corrected chi connectivity index (χ1v) is 6.65. The number of benzene rings is 1. The van der Waals surface area contributed by atoms with Gasteiger partial charge >= 0.3 is 0 Å². The minimum Gasteiger partial charge on any atom is -0.494 e. The van der Waals surface area contributed by atoms with Crippen molar-refractivity contribution in [3.63, 3.8) is 0 Å². The zero-order chi connectivity index (χ0) is 14.2. The first-order valence-electron chi connectivity index (χ1n) is 6.65. The van der Waals surface area contributed by atoms with Crippen LogP contribution in [0, 0.1) is 11.2 Å². The summed E-state index contributed by atoms with van der Waals surface area (Å²) in [4.78, 5) is 12.5. The predicted molar refractivity (Wildman–Crippen MR) is 72.6 cm³/mol. The maximum atomic E-state index is 13.7. The van der Waals surface area contributed by atoms with E-state index in [2.05, 4.69) is 10.6 Å². The van der Waals surface area contributed by atoms with Crippen molar-refractivity contribution in [1.82, 2.24) is 0 Å². The van der Waals surface area contributed by atoms with Crippen molar-refractivity contribution in [3.05, 3.63) is 17.9 Å². The Morgan fingerprint density at radius 1 is 1.30 bits per heavy atom. The largest absolute Gasteiger partial charge is 0.494 e. The van der Waals surface area contributed by atoms with Gasteiger partial charge in [-0.1, -0.05) is 0 Å². The SMILES string of the molecule is COc1cc2c(cc1F)NC(=O)C1(CCOCC1)CN2. The number of nitrogens with one attached hydrogen (secondary N) is 2. The van der Waals surface area contributed by atoms with E-state index in [0.717, 1.165) is 0 Å². The molecule has 0 aromatic heterocycles. The number of rotatable bonds is 1. The van der Waals surface area contributed by atoms with Crippen LogP contribution in [0.3, 0.4) is 0 Å². The summed E-state index contributed by atoms with van der Waals surface area (Å²) in [5, 5.41) is 6.05. The molecule has 2 heterocycles. The summed E-state index contributed by atoms with van der Waals surface area (Å²) in [7, 11) is 1.42. The third-order valence-electron chi connectivity index (χ3n) is 4.09. The van der Waals surface area contributed by atoms with Gasteiger partial charge in [0, 0.05) is 31.9 Å². The van der Waals surface area contributed by atoms with E-state index in [-0.39, 0.29) is 11.7 Å². The molecule has 5 nitrogen and oxygen atoms in total. The highest BCUT2D eigenvalue weighted by molar-refractivity contribution is 6.00. The van der Waals surface area contributed by atoms with E-state index >= 15 is 0 Å². The highest BCUT2D eigenvalue weighted by Gasteiger charge is 2.41. The molecule has 108 valence electrons. The number of carbonyl (C=O) groups excluding carboxylic acids is 1. The van der Waals surface area contributed by atoms with Gasteiger partial charge in [-0.3, -0.25) is 4.79 Å². The van der Waals surface area contributed by atoms with Gasteiger partial charge in [0.15, 0.2) is 11.6 Å². The van der Waals surface area contributed by atoms with Crippen molar-refractivity contribution in [2.24, 2.45) is 5.41 Å². The summed E-state index contributed by atoms with van der Waals surface area (Å²) in [6.07, 6.45) is 1.33. The number of ether oxygens (including phenoxy) is 2. The molecule has 2 aliphatic heterocycles. The fraction of sp³-hybridized carbons (Fsp3) is 0.500. The van der Waals surface area contributed by atoms with Gasteiger partial charge in [-0.05, 0) is 12.8 Å². The lowest BCUT2D eigenvalue weighted by Gasteiger charge is -2.34. The van der Waals surface area contributed by atoms with Crippen molar-refractivity contribution in [2.75, 3.05) is 37.5 Å². The maximum Gasteiger partial charge on any atom is 0.232 e. The zero-order valence-electron chi connectivity index (χ0n) is 11.3. The van der Waals surface area contributed by atoms with Crippen molar-refractivity contribution in [2.45, 2.75) is 12.8 Å². The Morgan fingerprint density at radius 2 is 2.05 bits per heavy atom. The van der Waals surface area contributed by atoms with Crippen LogP contribution in [0.2, 0.25) is 0 Å². The second-order valence-electron chi connectivity index (χ2n) is 5.23. The molecule has 1 amide bonds. The van der Waals surface area contributed by atoms with Crippen LogP contribution in [0.5, 0.6) is 5.75 Å². The van der Waals surface area contributed by atoms with E-state index < -0.39 is 11.2 Å². The molecule has 0 radical (unpaired) electrons. The smallest absolute Gasteiger partial charge is 0.232 e. The molecule has 1 fully saturated rings. The third kappa shape index (κ3) is 2.10. The second kappa shape index (κ2) is 4.94. The Morgan fingerprint density at radius 3 is 2.75 bits per heavy atom. The fourth-order valence-electron chi connectivity index (χ4n) is 2.73. The van der Waals surface area contributed by atoms with Crippen LogP contribution in [0.4, 0.5) is 15.8 Å². The molecule has 20 heavy (non-hydrogen) atoms. The third-order valence-corrected chi connectivity index (χ3v) is 4.09. The second-order valence-corrected chi connectivity index (χ2v) is 5.23. The number of fused-ring (bicyclic) bond motifs is 1. The van der Waals surface area contributed by atoms with Gasteiger partial charge in [-0.25, -0.2) is 4.39 Å². The zero-order valence-corrected chi connectivity index (χ0v) is 11.3. The molecule has 2 aliphatic rings. The Hall–Kier alpha value is -1.82. The molecule has 1 aromatic rings. The minimum absolute atomic E-state index is 0.0726. The Labute approximate surface area is 116 Å². The summed E-state index contributed by atoms with van der Waals surface area (Å²) in [5.74, 6) is -0.402. The summed E-state index contributed by atoms with van der Waals surface area (Å²) < 4.78 is 24.0. The normalized spacial score (nSPS) is 20.6. The Balaban J connectivity index is 1.94. The number of hydrogen-bond acceptors (Lipinski definition) is 4.